The number of benzene rings is 1. The normalized spacial score (nSPS) is 14.8. The summed E-state index contributed by atoms with van der Waals surface area (Å²) < 4.78 is 2.30. The van der Waals surface area contributed by atoms with Gasteiger partial charge in [0.15, 0.2) is 0 Å². The van der Waals surface area contributed by atoms with Crippen LogP contribution in [0, 0.1) is 0 Å². The van der Waals surface area contributed by atoms with Crippen LogP contribution < -0.4 is 5.32 Å². The number of nitrogens with zero attached hydrogens (tertiary/aromatic N) is 3. The molecule has 0 saturated heterocycles. The monoisotopic (exact) mass is 270 g/mol. The lowest BCUT2D eigenvalue weighted by Crippen LogP contribution is -2.11. The first-order valence-corrected chi connectivity index (χ1v) is 7.20. The molecule has 0 atom stereocenters. The first-order chi connectivity index (χ1) is 9.72. The second kappa shape index (κ2) is 5.67. The fourth-order valence-corrected chi connectivity index (χ4v) is 2.49. The van der Waals surface area contributed by atoms with E-state index in [9.17, 15) is 0 Å². The van der Waals surface area contributed by atoms with Crippen molar-refractivity contribution in [1.29, 1.82) is 0 Å². The predicted octanol–water partition coefficient (Wildman–Crippen LogP) is 2.89. The molecule has 0 unspecified atom stereocenters. The Morgan fingerprint density at radius 1 is 1.35 bits per heavy atom. The standard InChI is InChI=1S/C16H22N4/c1-19(2)11-13-4-3-5-14(8-13)18-10-16-9-17-12-20(16)15-6-7-15/h3-5,8-9,12,15,18H,6-7,10-11H2,1-2H3. The van der Waals surface area contributed by atoms with Crippen molar-refractivity contribution >= 4 is 5.69 Å². The maximum atomic E-state index is 4.27. The fraction of sp³-hybridized carbons (Fsp3) is 0.438. The molecule has 1 aromatic heterocycles. The molecule has 1 aliphatic carbocycles. The van der Waals surface area contributed by atoms with Gasteiger partial charge in [-0.15, -0.1) is 0 Å². The Labute approximate surface area is 120 Å². The van der Waals surface area contributed by atoms with Gasteiger partial charge in [-0.1, -0.05) is 12.1 Å². The van der Waals surface area contributed by atoms with Gasteiger partial charge < -0.3 is 14.8 Å². The SMILES string of the molecule is CN(C)Cc1cccc(NCc2cncn2C2CC2)c1. The van der Waals surface area contributed by atoms with Crippen LogP contribution in [0.2, 0.25) is 0 Å². The maximum absolute atomic E-state index is 4.27. The van der Waals surface area contributed by atoms with Crippen LogP contribution >= 0.6 is 0 Å². The van der Waals surface area contributed by atoms with E-state index in [4.69, 9.17) is 0 Å². The molecule has 1 aromatic carbocycles. The summed E-state index contributed by atoms with van der Waals surface area (Å²) in [7, 11) is 4.18. The summed E-state index contributed by atoms with van der Waals surface area (Å²) in [5.41, 5.74) is 3.77. The highest BCUT2D eigenvalue weighted by atomic mass is 15.1. The third-order valence-electron chi connectivity index (χ3n) is 3.59. The van der Waals surface area contributed by atoms with Gasteiger partial charge in [0.25, 0.3) is 0 Å². The number of hydrogen-bond acceptors (Lipinski definition) is 3. The summed E-state index contributed by atoms with van der Waals surface area (Å²) in [5, 5.41) is 3.50. The molecule has 106 valence electrons. The Morgan fingerprint density at radius 2 is 2.20 bits per heavy atom. The average molecular weight is 270 g/mol. The summed E-state index contributed by atoms with van der Waals surface area (Å²) in [6, 6.07) is 9.31. The summed E-state index contributed by atoms with van der Waals surface area (Å²) in [4.78, 5) is 6.45. The molecule has 0 bridgehead atoms. The first kappa shape index (κ1) is 13.2. The Morgan fingerprint density at radius 3 is 2.95 bits per heavy atom. The van der Waals surface area contributed by atoms with Gasteiger partial charge in [-0.05, 0) is 44.6 Å². The van der Waals surface area contributed by atoms with Crippen LogP contribution in [0.25, 0.3) is 0 Å². The third kappa shape index (κ3) is 3.20. The van der Waals surface area contributed by atoms with Crippen LogP contribution in [0.1, 0.15) is 30.1 Å². The van der Waals surface area contributed by atoms with E-state index in [1.807, 2.05) is 12.5 Å². The maximum Gasteiger partial charge on any atom is 0.0951 e. The number of hydrogen-bond donors (Lipinski definition) is 1. The van der Waals surface area contributed by atoms with E-state index >= 15 is 0 Å². The van der Waals surface area contributed by atoms with Gasteiger partial charge >= 0.3 is 0 Å². The molecule has 1 fully saturated rings. The lowest BCUT2D eigenvalue weighted by Gasteiger charge is -2.12. The van der Waals surface area contributed by atoms with Crippen molar-refractivity contribution in [3.63, 3.8) is 0 Å². The lowest BCUT2D eigenvalue weighted by molar-refractivity contribution is 0.402. The van der Waals surface area contributed by atoms with Gasteiger partial charge in [0.1, 0.15) is 0 Å². The second-order valence-corrected chi connectivity index (χ2v) is 5.82. The predicted molar refractivity (Wildman–Crippen MR) is 81.7 cm³/mol. The lowest BCUT2D eigenvalue weighted by atomic mass is 10.2. The van der Waals surface area contributed by atoms with Gasteiger partial charge in [0, 0.05) is 24.5 Å². The van der Waals surface area contributed by atoms with Gasteiger partial charge in [-0.25, -0.2) is 4.98 Å². The number of imidazole rings is 1. The van der Waals surface area contributed by atoms with Crippen molar-refractivity contribution in [2.75, 3.05) is 19.4 Å². The molecule has 1 saturated carbocycles. The summed E-state index contributed by atoms with van der Waals surface area (Å²) in [6.07, 6.45) is 6.51. The number of anilines is 1. The van der Waals surface area contributed by atoms with E-state index in [0.29, 0.717) is 6.04 Å². The zero-order valence-electron chi connectivity index (χ0n) is 12.2. The van der Waals surface area contributed by atoms with Gasteiger partial charge in [-0.2, -0.15) is 0 Å². The number of rotatable bonds is 6. The van der Waals surface area contributed by atoms with Gasteiger partial charge in [0.2, 0.25) is 0 Å². The van der Waals surface area contributed by atoms with E-state index in [-0.39, 0.29) is 0 Å². The van der Waals surface area contributed by atoms with Crippen LogP contribution in [-0.4, -0.2) is 28.5 Å². The van der Waals surface area contributed by atoms with E-state index in [1.165, 1.54) is 29.8 Å². The molecule has 1 N–H and O–H groups in total. The quantitative estimate of drug-likeness (QED) is 0.876. The summed E-state index contributed by atoms with van der Waals surface area (Å²) >= 11 is 0. The molecule has 0 amide bonds. The highest BCUT2D eigenvalue weighted by Gasteiger charge is 2.24. The Bertz CT molecular complexity index is 569. The van der Waals surface area contributed by atoms with Crippen molar-refractivity contribution in [3.05, 3.63) is 48.0 Å². The minimum atomic E-state index is 0.689. The van der Waals surface area contributed by atoms with Crippen LogP contribution in [0.3, 0.4) is 0 Å². The van der Waals surface area contributed by atoms with Crippen molar-refractivity contribution in [2.45, 2.75) is 32.0 Å². The average Bonchev–Trinajstić information content (AvgIpc) is 3.15. The van der Waals surface area contributed by atoms with Gasteiger partial charge in [0.05, 0.1) is 18.6 Å². The smallest absolute Gasteiger partial charge is 0.0951 e. The minimum Gasteiger partial charge on any atom is -0.379 e. The first-order valence-electron chi connectivity index (χ1n) is 7.20. The Hall–Kier alpha value is -1.81. The van der Waals surface area contributed by atoms with E-state index in [1.54, 1.807) is 0 Å². The Balaban J connectivity index is 1.64. The summed E-state index contributed by atoms with van der Waals surface area (Å²) in [5.74, 6) is 0. The largest absolute Gasteiger partial charge is 0.379 e. The Kier molecular flexibility index (Phi) is 3.74. The zero-order chi connectivity index (χ0) is 13.9. The molecule has 2 aromatic rings. The molecule has 0 spiro atoms. The number of aromatic nitrogens is 2. The molecule has 0 radical (unpaired) electrons. The molecule has 0 aliphatic heterocycles. The van der Waals surface area contributed by atoms with Crippen LogP contribution in [0.15, 0.2) is 36.8 Å². The molecule has 1 heterocycles. The van der Waals surface area contributed by atoms with Crippen LogP contribution in [0.5, 0.6) is 0 Å². The topological polar surface area (TPSA) is 33.1 Å². The molecule has 4 heteroatoms. The molecular weight excluding hydrogens is 248 g/mol. The third-order valence-corrected chi connectivity index (χ3v) is 3.59. The van der Waals surface area contributed by atoms with Crippen LogP contribution in [0.4, 0.5) is 5.69 Å². The summed E-state index contributed by atoms with van der Waals surface area (Å²) in [6.45, 7) is 1.80. The fourth-order valence-electron chi connectivity index (χ4n) is 2.49. The van der Waals surface area contributed by atoms with Crippen molar-refractivity contribution < 1.29 is 0 Å². The van der Waals surface area contributed by atoms with Crippen molar-refractivity contribution in [2.24, 2.45) is 0 Å². The van der Waals surface area contributed by atoms with E-state index < -0.39 is 0 Å². The van der Waals surface area contributed by atoms with Crippen molar-refractivity contribution in [3.8, 4) is 0 Å². The molecule has 1 aliphatic rings. The highest BCUT2D eigenvalue weighted by molar-refractivity contribution is 5.46. The van der Waals surface area contributed by atoms with Crippen molar-refractivity contribution in [1.82, 2.24) is 14.5 Å². The van der Waals surface area contributed by atoms with Gasteiger partial charge in [-0.3, -0.25) is 0 Å². The molecule has 20 heavy (non-hydrogen) atoms. The molecule has 3 rings (SSSR count). The molecular formula is C16H22N4. The second-order valence-electron chi connectivity index (χ2n) is 5.82. The molecule has 4 nitrogen and oxygen atoms in total. The zero-order valence-corrected chi connectivity index (χ0v) is 12.2. The van der Waals surface area contributed by atoms with E-state index in [0.717, 1.165) is 13.1 Å². The highest BCUT2D eigenvalue weighted by Crippen LogP contribution is 2.35. The minimum absolute atomic E-state index is 0.689. The van der Waals surface area contributed by atoms with E-state index in [2.05, 4.69) is 58.1 Å². The number of nitrogens with one attached hydrogen (secondary N) is 1. The van der Waals surface area contributed by atoms with Crippen LogP contribution in [-0.2, 0) is 13.1 Å².